The van der Waals surface area contributed by atoms with Crippen LogP contribution in [-0.4, -0.2) is 79.1 Å². The number of halogens is 1. The third kappa shape index (κ3) is 5.33. The molecule has 0 bridgehead atoms. The minimum absolute atomic E-state index is 0.203. The molecule has 2 fully saturated rings. The molecule has 2 aromatic carbocycles. The molecular formula is C26H27ClN6O4S2. The van der Waals surface area contributed by atoms with Gasteiger partial charge in [-0.15, -0.1) is 0 Å². The summed E-state index contributed by atoms with van der Waals surface area (Å²) in [4.78, 5) is 22.7. The van der Waals surface area contributed by atoms with E-state index in [2.05, 4.69) is 16.1 Å². The highest BCUT2D eigenvalue weighted by Crippen LogP contribution is 2.33. The molecule has 39 heavy (non-hydrogen) atoms. The molecule has 2 aliphatic heterocycles. The molecule has 4 aromatic rings. The van der Waals surface area contributed by atoms with Gasteiger partial charge < -0.3 is 14.5 Å². The molecule has 0 spiro atoms. The molecule has 0 amide bonds. The topological polar surface area (TPSA) is 101 Å². The van der Waals surface area contributed by atoms with E-state index in [4.69, 9.17) is 21.3 Å². The third-order valence-electron chi connectivity index (χ3n) is 7.00. The molecule has 1 unspecified atom stereocenters. The van der Waals surface area contributed by atoms with E-state index in [0.717, 1.165) is 28.3 Å². The van der Waals surface area contributed by atoms with Gasteiger partial charge in [0.05, 0.1) is 34.9 Å². The first kappa shape index (κ1) is 26.1. The van der Waals surface area contributed by atoms with E-state index in [0.29, 0.717) is 49.1 Å². The van der Waals surface area contributed by atoms with Gasteiger partial charge in [0.2, 0.25) is 15.8 Å². The largest absolute Gasteiger partial charge is 0.481 e. The highest BCUT2D eigenvalue weighted by atomic mass is 35.5. The van der Waals surface area contributed by atoms with E-state index in [1.54, 1.807) is 41.8 Å². The molecule has 2 aliphatic rings. The van der Waals surface area contributed by atoms with Crippen LogP contribution in [0.25, 0.3) is 15.9 Å². The van der Waals surface area contributed by atoms with Crippen molar-refractivity contribution in [2.45, 2.75) is 12.5 Å². The minimum atomic E-state index is -3.29. The first-order valence-electron chi connectivity index (χ1n) is 12.6. The summed E-state index contributed by atoms with van der Waals surface area (Å²) in [7, 11) is -3.29. The zero-order valence-corrected chi connectivity index (χ0v) is 23.6. The average molecular weight is 587 g/mol. The molecule has 204 valence electrons. The summed E-state index contributed by atoms with van der Waals surface area (Å²) in [5, 5.41) is 5.86. The van der Waals surface area contributed by atoms with Crippen molar-refractivity contribution in [3.63, 3.8) is 0 Å². The number of ether oxygens (including phenoxy) is 1. The number of benzene rings is 2. The standard InChI is InChI=1S/C26H27ClN6O4S2/c1-39(35,36)32-13-11-30(12-14-32)22-16-28-33(19-6-4-5-18(27)15-19)25(34)24(22)37-20-9-10-31(17-20)26-29-21-7-2-3-8-23(21)38-26/h2-8,15-16,20H,9-14,17H2,1H3. The van der Waals surface area contributed by atoms with E-state index in [-0.39, 0.29) is 11.9 Å². The van der Waals surface area contributed by atoms with Crippen molar-refractivity contribution in [2.75, 3.05) is 55.3 Å². The van der Waals surface area contributed by atoms with Gasteiger partial charge in [-0.1, -0.05) is 41.1 Å². The monoisotopic (exact) mass is 586 g/mol. The van der Waals surface area contributed by atoms with Gasteiger partial charge in [-0.05, 0) is 30.3 Å². The molecule has 10 nitrogen and oxygen atoms in total. The summed E-state index contributed by atoms with van der Waals surface area (Å²) < 4.78 is 34.3. The fraction of sp³-hybridized carbons (Fsp3) is 0.346. The van der Waals surface area contributed by atoms with Crippen LogP contribution in [0.15, 0.2) is 59.5 Å². The molecular weight excluding hydrogens is 560 g/mol. The second-order valence-corrected chi connectivity index (χ2v) is 13.1. The fourth-order valence-electron chi connectivity index (χ4n) is 4.98. The normalized spacial score (nSPS) is 18.7. The number of fused-ring (bicyclic) bond motifs is 1. The maximum Gasteiger partial charge on any atom is 0.316 e. The molecule has 0 N–H and O–H groups in total. The van der Waals surface area contributed by atoms with Crippen molar-refractivity contribution in [2.24, 2.45) is 0 Å². The van der Waals surface area contributed by atoms with E-state index in [1.165, 1.54) is 15.2 Å². The Kier molecular flexibility index (Phi) is 6.96. The van der Waals surface area contributed by atoms with Crippen LogP contribution in [0.4, 0.5) is 10.8 Å². The van der Waals surface area contributed by atoms with E-state index in [1.807, 2.05) is 23.1 Å². The number of hydrogen-bond acceptors (Lipinski definition) is 9. The Hall–Kier alpha value is -3.19. The van der Waals surface area contributed by atoms with Crippen LogP contribution in [-0.2, 0) is 10.0 Å². The highest BCUT2D eigenvalue weighted by molar-refractivity contribution is 7.88. The van der Waals surface area contributed by atoms with Crippen LogP contribution in [0.3, 0.4) is 0 Å². The zero-order valence-electron chi connectivity index (χ0n) is 21.2. The maximum absolute atomic E-state index is 13.8. The molecule has 1 atom stereocenters. The highest BCUT2D eigenvalue weighted by Gasteiger charge is 2.31. The Bertz CT molecular complexity index is 1650. The SMILES string of the molecule is CS(=O)(=O)N1CCN(c2cnn(-c3cccc(Cl)c3)c(=O)c2OC2CCN(c3nc4ccccc4s3)C2)CC1. The molecule has 0 radical (unpaired) electrons. The average Bonchev–Trinajstić information content (AvgIpc) is 3.56. The molecule has 13 heteroatoms. The Morgan fingerprint density at radius 2 is 1.82 bits per heavy atom. The van der Waals surface area contributed by atoms with Crippen LogP contribution < -0.4 is 20.1 Å². The lowest BCUT2D eigenvalue weighted by Crippen LogP contribution is -2.49. The van der Waals surface area contributed by atoms with Crippen LogP contribution in [0.2, 0.25) is 5.02 Å². The van der Waals surface area contributed by atoms with Gasteiger partial charge in [0.25, 0.3) is 0 Å². The second kappa shape index (κ2) is 10.4. The number of aromatic nitrogens is 3. The molecule has 4 heterocycles. The molecule has 2 aromatic heterocycles. The number of hydrogen-bond donors (Lipinski definition) is 0. The first-order valence-corrected chi connectivity index (χ1v) is 15.7. The smallest absolute Gasteiger partial charge is 0.316 e. The van der Waals surface area contributed by atoms with Gasteiger partial charge in [0.1, 0.15) is 11.8 Å². The van der Waals surface area contributed by atoms with Gasteiger partial charge in [-0.2, -0.15) is 14.1 Å². The van der Waals surface area contributed by atoms with Crippen LogP contribution >= 0.6 is 22.9 Å². The third-order valence-corrected chi connectivity index (χ3v) is 9.63. The Morgan fingerprint density at radius 1 is 1.03 bits per heavy atom. The number of sulfonamides is 1. The summed E-state index contributed by atoms with van der Waals surface area (Å²) in [5.41, 5.74) is 1.67. The minimum Gasteiger partial charge on any atom is -0.481 e. The van der Waals surface area contributed by atoms with Crippen molar-refractivity contribution >= 4 is 54.0 Å². The molecule has 0 saturated carbocycles. The first-order chi connectivity index (χ1) is 18.8. The summed E-state index contributed by atoms with van der Waals surface area (Å²) in [6.07, 6.45) is 3.34. The van der Waals surface area contributed by atoms with Gasteiger partial charge in [0, 0.05) is 44.2 Å². The van der Waals surface area contributed by atoms with Crippen LogP contribution in [0.5, 0.6) is 5.75 Å². The maximum atomic E-state index is 13.8. The Labute approximate surface area is 235 Å². The van der Waals surface area contributed by atoms with Crippen molar-refractivity contribution in [1.82, 2.24) is 19.1 Å². The van der Waals surface area contributed by atoms with E-state index < -0.39 is 15.6 Å². The lowest BCUT2D eigenvalue weighted by Gasteiger charge is -2.35. The van der Waals surface area contributed by atoms with Crippen LogP contribution in [0.1, 0.15) is 6.42 Å². The zero-order chi connectivity index (χ0) is 27.1. The summed E-state index contributed by atoms with van der Waals surface area (Å²) in [5.74, 6) is 0.203. The van der Waals surface area contributed by atoms with Crippen molar-refractivity contribution in [3.8, 4) is 11.4 Å². The molecule has 2 saturated heterocycles. The Morgan fingerprint density at radius 3 is 2.56 bits per heavy atom. The predicted molar refractivity (Wildman–Crippen MR) is 154 cm³/mol. The fourth-order valence-corrected chi connectivity index (χ4v) is 6.99. The van der Waals surface area contributed by atoms with Gasteiger partial charge in [-0.3, -0.25) is 4.79 Å². The van der Waals surface area contributed by atoms with E-state index >= 15 is 0 Å². The van der Waals surface area contributed by atoms with Crippen LogP contribution in [0, 0.1) is 0 Å². The lowest BCUT2D eigenvalue weighted by molar-refractivity contribution is 0.220. The number of piperazine rings is 1. The van der Waals surface area contributed by atoms with E-state index in [9.17, 15) is 13.2 Å². The number of thiazole rings is 1. The summed E-state index contributed by atoms with van der Waals surface area (Å²) >= 11 is 7.83. The predicted octanol–water partition coefficient (Wildman–Crippen LogP) is 3.23. The van der Waals surface area contributed by atoms with Gasteiger partial charge in [-0.25, -0.2) is 13.4 Å². The number of nitrogens with zero attached hydrogens (tertiary/aromatic N) is 6. The van der Waals surface area contributed by atoms with Crippen molar-refractivity contribution < 1.29 is 13.2 Å². The number of para-hydroxylation sites is 1. The lowest BCUT2D eigenvalue weighted by atomic mass is 10.2. The van der Waals surface area contributed by atoms with Gasteiger partial charge in [0.15, 0.2) is 5.13 Å². The molecule has 6 rings (SSSR count). The molecule has 0 aliphatic carbocycles. The quantitative estimate of drug-likeness (QED) is 0.339. The second-order valence-electron chi connectivity index (χ2n) is 9.64. The number of rotatable bonds is 6. The summed E-state index contributed by atoms with van der Waals surface area (Å²) in [6.45, 7) is 2.86. The summed E-state index contributed by atoms with van der Waals surface area (Å²) in [6, 6.07) is 15.0. The Balaban J connectivity index is 1.30. The van der Waals surface area contributed by atoms with Gasteiger partial charge >= 0.3 is 5.56 Å². The van der Waals surface area contributed by atoms with Crippen molar-refractivity contribution in [1.29, 1.82) is 0 Å². The number of anilines is 2. The van der Waals surface area contributed by atoms with Crippen molar-refractivity contribution in [3.05, 3.63) is 70.1 Å².